The molecule has 0 spiro atoms. The maximum absolute atomic E-state index is 13.9. The predicted molar refractivity (Wildman–Crippen MR) is 122 cm³/mol. The summed E-state index contributed by atoms with van der Waals surface area (Å²) in [6.07, 6.45) is 2.04. The lowest BCUT2D eigenvalue weighted by Crippen LogP contribution is -2.55. The lowest BCUT2D eigenvalue weighted by atomic mass is 9.90. The highest BCUT2D eigenvalue weighted by atomic mass is 16.6. The molecule has 5 nitrogen and oxygen atoms in total. The molecule has 31 heavy (non-hydrogen) atoms. The van der Waals surface area contributed by atoms with E-state index in [4.69, 9.17) is 9.57 Å². The van der Waals surface area contributed by atoms with Gasteiger partial charge in [-0.3, -0.25) is 4.79 Å². The van der Waals surface area contributed by atoms with Crippen LogP contribution >= 0.6 is 0 Å². The molecule has 1 fully saturated rings. The summed E-state index contributed by atoms with van der Waals surface area (Å²) in [5.74, 6) is -0.0371. The third kappa shape index (κ3) is 3.99. The van der Waals surface area contributed by atoms with Crippen molar-refractivity contribution in [1.29, 1.82) is 0 Å². The molecule has 5 heteroatoms. The number of hydrogen-bond donors (Lipinski definition) is 0. The number of amides is 1. The van der Waals surface area contributed by atoms with Crippen LogP contribution in [-0.2, 0) is 20.8 Å². The number of benzene rings is 2. The van der Waals surface area contributed by atoms with Gasteiger partial charge in [-0.25, -0.2) is 0 Å². The standard InChI is InChI=1S/C26H32N2O3/c1-5-26(6-2)28(23(25(3,4)31-26)17-19-13-9-7-10-14-19)24(29)22-18-21(27-30-22)20-15-11-8-12-16-20/h7-16,22-23H,5-6,17-18H2,1-4H3/t22-,23-/m0/s1. The van der Waals surface area contributed by atoms with Crippen molar-refractivity contribution in [3.63, 3.8) is 0 Å². The number of carbonyl (C=O) groups is 1. The fourth-order valence-electron chi connectivity index (χ4n) is 4.93. The molecule has 164 valence electrons. The molecule has 2 aromatic rings. The fraction of sp³-hybridized carbons (Fsp3) is 0.462. The third-order valence-electron chi connectivity index (χ3n) is 6.67. The van der Waals surface area contributed by atoms with Gasteiger partial charge in [-0.2, -0.15) is 0 Å². The second-order valence-corrected chi connectivity index (χ2v) is 8.97. The zero-order valence-electron chi connectivity index (χ0n) is 18.9. The van der Waals surface area contributed by atoms with Gasteiger partial charge in [-0.15, -0.1) is 0 Å². The van der Waals surface area contributed by atoms with Crippen LogP contribution in [0.15, 0.2) is 65.8 Å². The molecule has 2 atom stereocenters. The molecule has 2 heterocycles. The second-order valence-electron chi connectivity index (χ2n) is 8.97. The van der Waals surface area contributed by atoms with Crippen molar-refractivity contribution >= 4 is 11.6 Å². The van der Waals surface area contributed by atoms with E-state index in [0.29, 0.717) is 6.42 Å². The molecule has 0 unspecified atom stereocenters. The molecule has 2 aliphatic heterocycles. The highest BCUT2D eigenvalue weighted by Gasteiger charge is 2.58. The molecule has 0 aliphatic carbocycles. The Hall–Kier alpha value is -2.66. The Morgan fingerprint density at radius 2 is 1.65 bits per heavy atom. The summed E-state index contributed by atoms with van der Waals surface area (Å²) in [5.41, 5.74) is 1.89. The monoisotopic (exact) mass is 420 g/mol. The summed E-state index contributed by atoms with van der Waals surface area (Å²) in [4.78, 5) is 21.6. The zero-order valence-corrected chi connectivity index (χ0v) is 18.9. The molecule has 0 radical (unpaired) electrons. The van der Waals surface area contributed by atoms with Gasteiger partial charge in [0.1, 0.15) is 5.72 Å². The minimum absolute atomic E-state index is 0.0371. The fourth-order valence-corrected chi connectivity index (χ4v) is 4.93. The minimum Gasteiger partial charge on any atom is -0.382 e. The van der Waals surface area contributed by atoms with Gasteiger partial charge in [0, 0.05) is 6.42 Å². The molecule has 2 aromatic carbocycles. The lowest BCUT2D eigenvalue weighted by Gasteiger charge is -2.39. The van der Waals surface area contributed by atoms with E-state index in [-0.39, 0.29) is 11.9 Å². The molecule has 4 rings (SSSR count). The van der Waals surface area contributed by atoms with E-state index >= 15 is 0 Å². The molecular formula is C26H32N2O3. The average Bonchev–Trinajstić information content (AvgIpc) is 3.37. The van der Waals surface area contributed by atoms with Crippen molar-refractivity contribution in [3.8, 4) is 0 Å². The van der Waals surface area contributed by atoms with Crippen molar-refractivity contribution in [2.45, 2.75) is 76.9 Å². The van der Waals surface area contributed by atoms with E-state index in [1.165, 1.54) is 5.56 Å². The van der Waals surface area contributed by atoms with Crippen LogP contribution in [-0.4, -0.2) is 40.0 Å². The van der Waals surface area contributed by atoms with Gasteiger partial charge in [0.05, 0.1) is 17.4 Å². The summed E-state index contributed by atoms with van der Waals surface area (Å²) in [6.45, 7) is 8.36. The Labute approximate surface area is 185 Å². The van der Waals surface area contributed by atoms with Gasteiger partial charge in [-0.05, 0) is 44.2 Å². The van der Waals surface area contributed by atoms with E-state index in [9.17, 15) is 4.79 Å². The predicted octanol–water partition coefficient (Wildman–Crippen LogP) is 4.94. The number of hydrogen-bond acceptors (Lipinski definition) is 4. The summed E-state index contributed by atoms with van der Waals surface area (Å²) < 4.78 is 6.64. The van der Waals surface area contributed by atoms with E-state index in [1.54, 1.807) is 0 Å². The molecule has 2 aliphatic rings. The zero-order chi connectivity index (χ0) is 22.1. The summed E-state index contributed by atoms with van der Waals surface area (Å²) in [6, 6.07) is 20.1. The maximum Gasteiger partial charge on any atom is 0.269 e. The van der Waals surface area contributed by atoms with Gasteiger partial charge in [0.2, 0.25) is 6.10 Å². The van der Waals surface area contributed by atoms with E-state index in [0.717, 1.165) is 30.5 Å². The van der Waals surface area contributed by atoms with Gasteiger partial charge in [0.15, 0.2) is 0 Å². The Kier molecular flexibility index (Phi) is 5.89. The van der Waals surface area contributed by atoms with E-state index in [1.807, 2.05) is 53.4 Å². The molecule has 0 N–H and O–H groups in total. The molecule has 0 aromatic heterocycles. The highest BCUT2D eigenvalue weighted by molar-refractivity contribution is 6.04. The largest absolute Gasteiger partial charge is 0.382 e. The van der Waals surface area contributed by atoms with E-state index < -0.39 is 17.4 Å². The van der Waals surface area contributed by atoms with Gasteiger partial charge in [0.25, 0.3) is 5.91 Å². The first-order valence-corrected chi connectivity index (χ1v) is 11.3. The van der Waals surface area contributed by atoms with Crippen LogP contribution in [0.4, 0.5) is 0 Å². The Balaban J connectivity index is 1.62. The molecule has 0 bridgehead atoms. The van der Waals surface area contributed by atoms with E-state index in [2.05, 4.69) is 45.0 Å². The first kappa shape index (κ1) is 21.6. The smallest absolute Gasteiger partial charge is 0.269 e. The second kappa shape index (κ2) is 8.46. The number of ether oxygens (including phenoxy) is 1. The van der Waals surface area contributed by atoms with Crippen LogP contribution in [0.3, 0.4) is 0 Å². The van der Waals surface area contributed by atoms with Crippen LogP contribution < -0.4 is 0 Å². The van der Waals surface area contributed by atoms with Crippen molar-refractivity contribution in [2.75, 3.05) is 0 Å². The average molecular weight is 421 g/mol. The summed E-state index contributed by atoms with van der Waals surface area (Å²) in [7, 11) is 0. The van der Waals surface area contributed by atoms with Crippen LogP contribution in [0.2, 0.25) is 0 Å². The van der Waals surface area contributed by atoms with Gasteiger partial charge in [-0.1, -0.05) is 79.7 Å². The SMILES string of the molecule is CCC1(CC)OC(C)(C)[C@H](Cc2ccccc2)N1C(=O)[C@@H]1CC(c2ccccc2)=NO1. The van der Waals surface area contributed by atoms with Gasteiger partial charge < -0.3 is 14.5 Å². The lowest BCUT2D eigenvalue weighted by molar-refractivity contribution is -0.169. The number of carbonyl (C=O) groups excluding carboxylic acids is 1. The van der Waals surface area contributed by atoms with Crippen LogP contribution in [0.5, 0.6) is 0 Å². The Bertz CT molecular complexity index is 936. The Morgan fingerprint density at radius 1 is 1.03 bits per heavy atom. The summed E-state index contributed by atoms with van der Waals surface area (Å²) in [5, 5.41) is 4.25. The maximum atomic E-state index is 13.9. The quantitative estimate of drug-likeness (QED) is 0.665. The van der Waals surface area contributed by atoms with Crippen LogP contribution in [0, 0.1) is 0 Å². The third-order valence-corrected chi connectivity index (χ3v) is 6.67. The van der Waals surface area contributed by atoms with Crippen LogP contribution in [0.1, 0.15) is 58.1 Å². The van der Waals surface area contributed by atoms with Crippen molar-refractivity contribution in [2.24, 2.45) is 5.16 Å². The van der Waals surface area contributed by atoms with Crippen LogP contribution in [0.25, 0.3) is 0 Å². The van der Waals surface area contributed by atoms with Crippen molar-refractivity contribution in [1.82, 2.24) is 4.90 Å². The molecular weight excluding hydrogens is 388 g/mol. The first-order chi connectivity index (χ1) is 14.9. The normalized spacial score (nSPS) is 24.0. The topological polar surface area (TPSA) is 51.1 Å². The van der Waals surface area contributed by atoms with Crippen molar-refractivity contribution < 1.29 is 14.4 Å². The first-order valence-electron chi connectivity index (χ1n) is 11.3. The molecule has 0 saturated carbocycles. The highest BCUT2D eigenvalue weighted by Crippen LogP contribution is 2.45. The van der Waals surface area contributed by atoms with Crippen molar-refractivity contribution in [3.05, 3.63) is 71.8 Å². The Morgan fingerprint density at radius 3 is 2.26 bits per heavy atom. The number of oxime groups is 1. The molecule has 1 amide bonds. The summed E-state index contributed by atoms with van der Waals surface area (Å²) >= 11 is 0. The molecule has 1 saturated heterocycles. The number of rotatable bonds is 6. The van der Waals surface area contributed by atoms with Gasteiger partial charge >= 0.3 is 0 Å². The number of nitrogens with zero attached hydrogens (tertiary/aromatic N) is 2. The minimum atomic E-state index is -0.640.